The van der Waals surface area contributed by atoms with Crippen molar-refractivity contribution in [1.82, 2.24) is 10.9 Å². The molecule has 2 rings (SSSR count). The van der Waals surface area contributed by atoms with Gasteiger partial charge < -0.3 is 0 Å². The Bertz CT molecular complexity index is 756. The smallest absolute Gasteiger partial charge is 0.268 e. The zero-order chi connectivity index (χ0) is 16.8. The van der Waals surface area contributed by atoms with Gasteiger partial charge in [0.1, 0.15) is 0 Å². The standard InChI is InChI=1S/C17H14Cl2N2O2/c1-11-5-7-13(8-6-11)17(23)21-20-15(22)10-9-12-3-2-4-14(18)16(12)19/h2-10H,1H3,(H,20,22)(H,21,23)/b10-9+. The van der Waals surface area contributed by atoms with Crippen molar-refractivity contribution in [2.24, 2.45) is 0 Å². The number of amides is 2. The topological polar surface area (TPSA) is 58.2 Å². The van der Waals surface area contributed by atoms with Gasteiger partial charge in [-0.15, -0.1) is 0 Å². The fourth-order valence-electron chi connectivity index (χ4n) is 1.75. The normalized spacial score (nSPS) is 10.6. The van der Waals surface area contributed by atoms with Crippen molar-refractivity contribution < 1.29 is 9.59 Å². The molecule has 4 nitrogen and oxygen atoms in total. The Kier molecular flexibility index (Phi) is 5.79. The van der Waals surface area contributed by atoms with Crippen LogP contribution in [0.1, 0.15) is 21.5 Å². The lowest BCUT2D eigenvalue weighted by Gasteiger charge is -2.05. The summed E-state index contributed by atoms with van der Waals surface area (Å²) in [4.78, 5) is 23.6. The van der Waals surface area contributed by atoms with Crippen LogP contribution in [0.25, 0.3) is 6.08 Å². The summed E-state index contributed by atoms with van der Waals surface area (Å²) < 4.78 is 0. The molecule has 0 heterocycles. The van der Waals surface area contributed by atoms with Gasteiger partial charge in [0.05, 0.1) is 10.0 Å². The fourth-order valence-corrected chi connectivity index (χ4v) is 2.12. The van der Waals surface area contributed by atoms with E-state index in [0.717, 1.165) is 5.56 Å². The van der Waals surface area contributed by atoms with E-state index in [4.69, 9.17) is 23.2 Å². The van der Waals surface area contributed by atoms with Crippen LogP contribution < -0.4 is 10.9 Å². The molecule has 0 saturated carbocycles. The predicted octanol–water partition coefficient (Wildman–Crippen LogP) is 3.78. The summed E-state index contributed by atoms with van der Waals surface area (Å²) in [6.45, 7) is 1.93. The highest BCUT2D eigenvalue weighted by atomic mass is 35.5. The molecule has 118 valence electrons. The number of hydrogen-bond acceptors (Lipinski definition) is 2. The van der Waals surface area contributed by atoms with E-state index in [1.54, 1.807) is 30.3 Å². The fraction of sp³-hybridized carbons (Fsp3) is 0.0588. The number of halogens is 2. The van der Waals surface area contributed by atoms with Crippen molar-refractivity contribution >= 4 is 41.1 Å². The van der Waals surface area contributed by atoms with Crippen LogP contribution in [0.15, 0.2) is 48.5 Å². The lowest BCUT2D eigenvalue weighted by Crippen LogP contribution is -2.40. The van der Waals surface area contributed by atoms with Crippen molar-refractivity contribution in [3.63, 3.8) is 0 Å². The van der Waals surface area contributed by atoms with Crippen LogP contribution in [0.4, 0.5) is 0 Å². The van der Waals surface area contributed by atoms with Gasteiger partial charge in [0, 0.05) is 11.6 Å². The van der Waals surface area contributed by atoms with E-state index in [0.29, 0.717) is 21.2 Å². The molecule has 2 aromatic carbocycles. The maximum Gasteiger partial charge on any atom is 0.269 e. The minimum absolute atomic E-state index is 0.363. The number of benzene rings is 2. The largest absolute Gasteiger partial charge is 0.269 e. The van der Waals surface area contributed by atoms with Gasteiger partial charge in [0.25, 0.3) is 11.8 Å². The Balaban J connectivity index is 1.92. The Morgan fingerprint density at radius 2 is 1.70 bits per heavy atom. The molecule has 0 spiro atoms. The molecule has 2 amide bonds. The third kappa shape index (κ3) is 4.84. The zero-order valence-corrected chi connectivity index (χ0v) is 13.8. The minimum atomic E-state index is -0.485. The van der Waals surface area contributed by atoms with Gasteiger partial charge in [0.2, 0.25) is 0 Å². The van der Waals surface area contributed by atoms with Crippen molar-refractivity contribution in [3.05, 3.63) is 75.3 Å². The second kappa shape index (κ2) is 7.81. The first kappa shape index (κ1) is 17.1. The molecule has 2 aromatic rings. The van der Waals surface area contributed by atoms with Crippen LogP contribution in [0.3, 0.4) is 0 Å². The molecule has 2 N–H and O–H groups in total. The first-order chi connectivity index (χ1) is 11.0. The van der Waals surface area contributed by atoms with Crippen molar-refractivity contribution in [2.75, 3.05) is 0 Å². The Morgan fingerprint density at radius 1 is 1.00 bits per heavy atom. The van der Waals surface area contributed by atoms with E-state index in [1.807, 2.05) is 19.1 Å². The molecule has 0 atom stereocenters. The molecule has 0 aromatic heterocycles. The van der Waals surface area contributed by atoms with Gasteiger partial charge in [-0.3, -0.25) is 20.4 Å². The van der Waals surface area contributed by atoms with Crippen LogP contribution in [0.2, 0.25) is 10.0 Å². The summed E-state index contributed by atoms with van der Waals surface area (Å²) in [6.07, 6.45) is 2.77. The number of hydrazine groups is 1. The Labute approximate surface area is 144 Å². The zero-order valence-electron chi connectivity index (χ0n) is 12.3. The van der Waals surface area contributed by atoms with E-state index in [1.165, 1.54) is 12.2 Å². The number of nitrogens with one attached hydrogen (secondary N) is 2. The summed E-state index contributed by atoms with van der Waals surface area (Å²) in [5.74, 6) is -0.881. The van der Waals surface area contributed by atoms with Gasteiger partial charge in [-0.05, 0) is 36.8 Å². The Morgan fingerprint density at radius 3 is 2.39 bits per heavy atom. The van der Waals surface area contributed by atoms with Gasteiger partial charge in [-0.1, -0.05) is 53.0 Å². The molecule has 0 saturated heterocycles. The lowest BCUT2D eigenvalue weighted by atomic mass is 10.1. The van der Waals surface area contributed by atoms with Gasteiger partial charge >= 0.3 is 0 Å². The van der Waals surface area contributed by atoms with Crippen LogP contribution in [0.5, 0.6) is 0 Å². The van der Waals surface area contributed by atoms with Crippen LogP contribution in [-0.4, -0.2) is 11.8 Å². The van der Waals surface area contributed by atoms with E-state index in [-0.39, 0.29) is 0 Å². The molecule has 0 fully saturated rings. The number of hydrogen-bond donors (Lipinski definition) is 2. The third-order valence-corrected chi connectivity index (χ3v) is 3.84. The van der Waals surface area contributed by atoms with Crippen molar-refractivity contribution in [1.29, 1.82) is 0 Å². The van der Waals surface area contributed by atoms with Crippen molar-refractivity contribution in [3.8, 4) is 0 Å². The average Bonchev–Trinajstić information content (AvgIpc) is 2.54. The molecule has 0 radical (unpaired) electrons. The molecule has 0 aliphatic carbocycles. The average molecular weight is 349 g/mol. The summed E-state index contributed by atoms with van der Waals surface area (Å²) in [6, 6.07) is 12.1. The first-order valence-electron chi connectivity index (χ1n) is 6.76. The monoisotopic (exact) mass is 348 g/mol. The summed E-state index contributed by atoms with van der Waals surface area (Å²) >= 11 is 11.9. The van der Waals surface area contributed by atoms with Crippen LogP contribution >= 0.6 is 23.2 Å². The van der Waals surface area contributed by atoms with Gasteiger partial charge in [0.15, 0.2) is 0 Å². The molecular formula is C17H14Cl2N2O2. The SMILES string of the molecule is Cc1ccc(C(=O)NNC(=O)/C=C/c2cccc(Cl)c2Cl)cc1. The summed E-state index contributed by atoms with van der Waals surface area (Å²) in [7, 11) is 0. The van der Waals surface area contributed by atoms with E-state index in [2.05, 4.69) is 10.9 Å². The molecule has 0 bridgehead atoms. The van der Waals surface area contributed by atoms with Crippen LogP contribution in [0, 0.1) is 6.92 Å². The van der Waals surface area contributed by atoms with E-state index >= 15 is 0 Å². The molecular weight excluding hydrogens is 335 g/mol. The highest BCUT2D eigenvalue weighted by Gasteiger charge is 2.06. The second-order valence-corrected chi connectivity index (χ2v) is 5.57. The summed E-state index contributed by atoms with van der Waals surface area (Å²) in [5.41, 5.74) is 6.74. The van der Waals surface area contributed by atoms with Gasteiger partial charge in [-0.2, -0.15) is 0 Å². The number of carbonyl (C=O) groups excluding carboxylic acids is 2. The maximum absolute atomic E-state index is 11.8. The summed E-state index contributed by atoms with van der Waals surface area (Å²) in [5, 5.41) is 0.767. The molecule has 6 heteroatoms. The first-order valence-corrected chi connectivity index (χ1v) is 7.52. The maximum atomic E-state index is 11.8. The second-order valence-electron chi connectivity index (χ2n) is 4.79. The minimum Gasteiger partial charge on any atom is -0.268 e. The van der Waals surface area contributed by atoms with E-state index < -0.39 is 11.8 Å². The molecule has 0 unspecified atom stereocenters. The van der Waals surface area contributed by atoms with Crippen LogP contribution in [-0.2, 0) is 4.79 Å². The number of rotatable bonds is 3. The highest BCUT2D eigenvalue weighted by Crippen LogP contribution is 2.26. The quantitative estimate of drug-likeness (QED) is 0.655. The third-order valence-electron chi connectivity index (χ3n) is 3.01. The van der Waals surface area contributed by atoms with Gasteiger partial charge in [-0.25, -0.2) is 0 Å². The highest BCUT2D eigenvalue weighted by molar-refractivity contribution is 6.42. The molecule has 0 aliphatic heterocycles. The number of aryl methyl sites for hydroxylation is 1. The van der Waals surface area contributed by atoms with E-state index in [9.17, 15) is 9.59 Å². The lowest BCUT2D eigenvalue weighted by molar-refractivity contribution is -0.117. The molecule has 23 heavy (non-hydrogen) atoms. The Hall–Kier alpha value is -2.30. The molecule has 0 aliphatic rings. The number of carbonyl (C=O) groups is 2. The van der Waals surface area contributed by atoms with Crippen molar-refractivity contribution in [2.45, 2.75) is 6.92 Å². The predicted molar refractivity (Wildman–Crippen MR) is 92.3 cm³/mol.